The number of nitrogens with zero attached hydrogens (tertiary/aromatic N) is 3. The van der Waals surface area contributed by atoms with Gasteiger partial charge in [-0.1, -0.05) is 36.4 Å². The van der Waals surface area contributed by atoms with Crippen molar-refractivity contribution in [1.82, 2.24) is 0 Å². The Morgan fingerprint density at radius 3 is 1.88 bits per heavy atom. The average molecular weight is 824 g/mol. The summed E-state index contributed by atoms with van der Waals surface area (Å²) in [7, 11) is -14.9. The second-order valence-corrected chi connectivity index (χ2v) is 16.4. The summed E-state index contributed by atoms with van der Waals surface area (Å²) in [6, 6.07) is 26.6. The van der Waals surface area contributed by atoms with E-state index in [1.807, 2.05) is 0 Å². The number of azo groups is 1. The van der Waals surface area contributed by atoms with Gasteiger partial charge in [0.05, 0.1) is 26.1 Å². The SMILES string of the molecule is O=C(Nc1ccc2c(c1)C=C(S(=O)(=O)[O-])C(=NNc1ccc3cc(S(=O)(=O)[O-])ccc3c1)C2=O)Nc1ccc2cc(N=Nc3ccccc3)c(S(=O)(=O)[O-])cc2c1. The fraction of sp³-hybridized carbons (Fsp3) is 0. The van der Waals surface area contributed by atoms with Gasteiger partial charge in [0, 0.05) is 16.9 Å². The number of allylic oxidation sites excluding steroid dienone is 1. The van der Waals surface area contributed by atoms with Crippen LogP contribution in [-0.4, -0.2) is 56.4 Å². The Balaban J connectivity index is 1.10. The molecule has 1 aliphatic rings. The summed E-state index contributed by atoms with van der Waals surface area (Å²) in [5.41, 5.74) is 2.55. The maximum Gasteiger partial charge on any atom is 0.323 e. The molecule has 0 spiro atoms. The molecule has 0 aliphatic heterocycles. The van der Waals surface area contributed by atoms with E-state index in [4.69, 9.17) is 0 Å². The first-order valence-electron chi connectivity index (χ1n) is 16.2. The molecular weight excluding hydrogens is 801 g/mol. The molecule has 6 aromatic rings. The van der Waals surface area contributed by atoms with Crippen molar-refractivity contribution in [2.75, 3.05) is 16.1 Å². The predicted molar refractivity (Wildman–Crippen MR) is 207 cm³/mol. The smallest absolute Gasteiger partial charge is 0.323 e. The Morgan fingerprint density at radius 2 is 1.19 bits per heavy atom. The molecule has 20 heteroatoms. The molecular formula is C37H23N6O11S3-3. The van der Waals surface area contributed by atoms with Gasteiger partial charge in [-0.2, -0.15) is 10.2 Å². The summed E-state index contributed by atoms with van der Waals surface area (Å²) in [5.74, 6) is -0.920. The molecule has 7 rings (SSSR count). The first-order valence-corrected chi connectivity index (χ1v) is 20.4. The molecule has 0 saturated carbocycles. The van der Waals surface area contributed by atoms with Gasteiger partial charge in [-0.05, 0) is 112 Å². The number of hydrazone groups is 1. The number of hydrogen-bond acceptors (Lipinski definition) is 15. The third-order valence-corrected chi connectivity index (χ3v) is 11.0. The van der Waals surface area contributed by atoms with Gasteiger partial charge in [-0.3, -0.25) is 10.2 Å². The van der Waals surface area contributed by atoms with Gasteiger partial charge in [0.25, 0.3) is 0 Å². The van der Waals surface area contributed by atoms with Crippen molar-refractivity contribution in [3.8, 4) is 0 Å². The van der Waals surface area contributed by atoms with E-state index in [1.165, 1.54) is 66.7 Å². The van der Waals surface area contributed by atoms with Gasteiger partial charge in [0.15, 0.2) is 0 Å². The highest BCUT2D eigenvalue weighted by Crippen LogP contribution is 2.33. The van der Waals surface area contributed by atoms with Crippen molar-refractivity contribution >= 4 is 104 Å². The average Bonchev–Trinajstić information content (AvgIpc) is 3.15. The van der Waals surface area contributed by atoms with Crippen LogP contribution in [0.4, 0.5) is 33.2 Å². The number of ketones is 1. The van der Waals surface area contributed by atoms with Gasteiger partial charge >= 0.3 is 6.03 Å². The van der Waals surface area contributed by atoms with Crippen LogP contribution in [0.15, 0.2) is 145 Å². The number of carbonyl (C=O) groups is 2. The number of amides is 2. The summed E-state index contributed by atoms with van der Waals surface area (Å²) in [6.07, 6.45) is 0.937. The van der Waals surface area contributed by atoms with Crippen LogP contribution in [0.25, 0.3) is 27.6 Å². The summed E-state index contributed by atoms with van der Waals surface area (Å²) in [6.45, 7) is 0. The molecule has 3 N–H and O–H groups in total. The molecule has 2 amide bonds. The lowest BCUT2D eigenvalue weighted by Crippen LogP contribution is -2.27. The van der Waals surface area contributed by atoms with E-state index in [-0.39, 0.29) is 39.3 Å². The normalized spacial score (nSPS) is 14.1. The van der Waals surface area contributed by atoms with E-state index in [9.17, 15) is 48.5 Å². The maximum absolute atomic E-state index is 13.5. The van der Waals surface area contributed by atoms with Gasteiger partial charge in [-0.15, -0.1) is 5.11 Å². The number of carbonyl (C=O) groups excluding carboxylic acids is 2. The van der Waals surface area contributed by atoms with E-state index in [0.717, 1.165) is 18.2 Å². The molecule has 57 heavy (non-hydrogen) atoms. The molecule has 17 nitrogen and oxygen atoms in total. The first kappa shape index (κ1) is 38.6. The van der Waals surface area contributed by atoms with Gasteiger partial charge in [0.2, 0.25) is 5.78 Å². The zero-order valence-electron chi connectivity index (χ0n) is 28.6. The number of hydrogen-bond donors (Lipinski definition) is 3. The van der Waals surface area contributed by atoms with Crippen LogP contribution in [0.3, 0.4) is 0 Å². The van der Waals surface area contributed by atoms with E-state index >= 15 is 0 Å². The Bertz CT molecular complexity index is 3120. The Morgan fingerprint density at radius 1 is 0.579 bits per heavy atom. The lowest BCUT2D eigenvalue weighted by Gasteiger charge is -2.20. The van der Waals surface area contributed by atoms with Gasteiger partial charge in [0.1, 0.15) is 41.8 Å². The number of nitrogens with one attached hydrogen (secondary N) is 3. The van der Waals surface area contributed by atoms with Crippen molar-refractivity contribution in [1.29, 1.82) is 0 Å². The summed E-state index contributed by atoms with van der Waals surface area (Å²) in [4.78, 5) is 24.5. The summed E-state index contributed by atoms with van der Waals surface area (Å²) >= 11 is 0. The maximum atomic E-state index is 13.5. The van der Waals surface area contributed by atoms with Crippen LogP contribution < -0.4 is 16.1 Å². The predicted octanol–water partition coefficient (Wildman–Crippen LogP) is 6.41. The highest BCUT2D eigenvalue weighted by molar-refractivity contribution is 7.91. The number of rotatable bonds is 9. The molecule has 0 bridgehead atoms. The van der Waals surface area contributed by atoms with Gasteiger partial charge < -0.3 is 24.3 Å². The third-order valence-electron chi connectivity index (χ3n) is 8.43. The molecule has 6 aromatic carbocycles. The zero-order chi connectivity index (χ0) is 40.7. The van der Waals surface area contributed by atoms with E-state index in [0.29, 0.717) is 21.8 Å². The number of fused-ring (bicyclic) bond motifs is 3. The number of Topliss-reactive ketones (excluding diaryl/α,β-unsaturated/α-hetero) is 1. The monoisotopic (exact) mass is 823 g/mol. The number of anilines is 3. The van der Waals surface area contributed by atoms with Crippen molar-refractivity contribution in [3.05, 3.63) is 131 Å². The van der Waals surface area contributed by atoms with Crippen LogP contribution in [0.1, 0.15) is 15.9 Å². The van der Waals surface area contributed by atoms with Crippen LogP contribution in [-0.2, 0) is 30.4 Å². The van der Waals surface area contributed by atoms with E-state index in [1.54, 1.807) is 36.4 Å². The van der Waals surface area contributed by atoms with Crippen LogP contribution in [0.2, 0.25) is 0 Å². The fourth-order valence-corrected chi connectivity index (χ4v) is 7.58. The highest BCUT2D eigenvalue weighted by Gasteiger charge is 2.30. The Kier molecular flexibility index (Phi) is 9.99. The van der Waals surface area contributed by atoms with Crippen molar-refractivity contribution in [2.45, 2.75) is 9.79 Å². The lowest BCUT2D eigenvalue weighted by atomic mass is 9.94. The molecule has 0 unspecified atom stereocenters. The first-order chi connectivity index (χ1) is 26.9. The largest absolute Gasteiger partial charge is 0.744 e. The van der Waals surface area contributed by atoms with Crippen LogP contribution in [0.5, 0.6) is 0 Å². The number of urea groups is 1. The Hall–Kier alpha value is -6.68. The highest BCUT2D eigenvalue weighted by atomic mass is 32.2. The van der Waals surface area contributed by atoms with Crippen molar-refractivity contribution in [3.63, 3.8) is 0 Å². The van der Waals surface area contributed by atoms with E-state index < -0.39 is 62.6 Å². The topological polar surface area (TPSA) is 279 Å². The molecule has 0 radical (unpaired) electrons. The second-order valence-electron chi connectivity index (χ2n) is 12.3. The molecule has 0 atom stereocenters. The summed E-state index contributed by atoms with van der Waals surface area (Å²) < 4.78 is 107. The minimum absolute atomic E-state index is 0.0155. The zero-order valence-corrected chi connectivity index (χ0v) is 31.1. The summed E-state index contributed by atoms with van der Waals surface area (Å²) in [5, 5.41) is 18.6. The standard InChI is InChI=1S/C37H26N6O11S3/c44-36-31-13-11-28(16-25(31)20-34(57(52,53)54)35(36)43-41-29-10-7-22-17-30(55(46,47)48)12-8-21(22)14-29)39-37(45)38-27-9-6-23-18-32(42-40-26-4-2-1-3-5-26)33(56(49,50)51)19-24(23)15-27/h1-20,41H,(H2,38,39,45)(H,46,47,48)(H,49,50,51)(H,52,53,54)/p-3. The molecule has 0 heterocycles. The second kappa shape index (κ2) is 14.8. The molecule has 288 valence electrons. The van der Waals surface area contributed by atoms with E-state index in [2.05, 4.69) is 31.4 Å². The lowest BCUT2D eigenvalue weighted by molar-refractivity contribution is 0.106. The minimum Gasteiger partial charge on any atom is -0.744 e. The van der Waals surface area contributed by atoms with Crippen molar-refractivity contribution in [2.24, 2.45) is 15.3 Å². The quantitative estimate of drug-likeness (QED) is 0.0810. The number of benzene rings is 6. The minimum atomic E-state index is -5.27. The fourth-order valence-electron chi connectivity index (χ4n) is 5.80. The van der Waals surface area contributed by atoms with Crippen LogP contribution in [0, 0.1) is 0 Å². The Labute approximate surface area is 323 Å². The molecule has 0 fully saturated rings. The van der Waals surface area contributed by atoms with Crippen LogP contribution >= 0.6 is 0 Å². The van der Waals surface area contributed by atoms with Crippen molar-refractivity contribution < 1.29 is 48.5 Å². The molecule has 0 saturated heterocycles. The van der Waals surface area contributed by atoms with Gasteiger partial charge in [-0.25, -0.2) is 30.0 Å². The third kappa shape index (κ3) is 8.60. The molecule has 0 aromatic heterocycles. The molecule has 1 aliphatic carbocycles.